The second-order valence-electron chi connectivity index (χ2n) is 3.82. The summed E-state index contributed by atoms with van der Waals surface area (Å²) < 4.78 is 10.5. The zero-order valence-corrected chi connectivity index (χ0v) is 12.4. The molecule has 0 aliphatic carbocycles. The number of allylic oxidation sites excluding steroid dienone is 2. The van der Waals surface area contributed by atoms with Crippen molar-refractivity contribution in [3.8, 4) is 0 Å². The molecule has 104 valence electrons. The first-order valence-corrected chi connectivity index (χ1v) is 6.29. The van der Waals surface area contributed by atoms with Crippen molar-refractivity contribution in [3.63, 3.8) is 0 Å². The number of hydrogen-bond donors (Lipinski definition) is 1. The van der Waals surface area contributed by atoms with Gasteiger partial charge in [0.05, 0.1) is 0 Å². The van der Waals surface area contributed by atoms with E-state index in [9.17, 15) is 4.79 Å². The number of carbonyl (C=O) groups is 1. The summed E-state index contributed by atoms with van der Waals surface area (Å²) in [5, 5.41) is 3.03. The highest BCUT2D eigenvalue weighted by Crippen LogP contribution is 2.21. The number of rotatable bonds is 6. The minimum atomic E-state index is -0.490. The summed E-state index contributed by atoms with van der Waals surface area (Å²) in [4.78, 5) is 11.2. The van der Waals surface area contributed by atoms with Gasteiger partial charge in [0.25, 0.3) is 0 Å². The Morgan fingerprint density at radius 1 is 1.50 bits per heavy atom. The minimum absolute atomic E-state index is 0.386. The molecule has 0 aliphatic heterocycles. The lowest BCUT2D eigenvalue weighted by molar-refractivity contribution is 0.00790. The number of methoxy groups -OCH3 is 1. The fourth-order valence-corrected chi connectivity index (χ4v) is 1.68. The monoisotopic (exact) mass is 275 g/mol. The van der Waals surface area contributed by atoms with Gasteiger partial charge < -0.3 is 14.8 Å². The fourth-order valence-electron chi connectivity index (χ4n) is 1.51. The van der Waals surface area contributed by atoms with Crippen LogP contribution in [0.4, 0.5) is 4.79 Å². The molecule has 1 N–H and O–H groups in total. The lowest BCUT2D eigenvalue weighted by Gasteiger charge is -2.24. The van der Waals surface area contributed by atoms with Crippen LogP contribution in [0.1, 0.15) is 27.2 Å². The average Bonchev–Trinajstić information content (AvgIpc) is 2.33. The molecule has 18 heavy (non-hydrogen) atoms. The van der Waals surface area contributed by atoms with Gasteiger partial charge in [-0.1, -0.05) is 30.7 Å². The number of ether oxygens (including phenoxy) is 2. The molecule has 0 spiro atoms. The number of carbonyl (C=O) groups excluding carboxylic acids is 1. The topological polar surface area (TPSA) is 47.6 Å². The third kappa shape index (κ3) is 5.56. The maximum atomic E-state index is 11.2. The van der Waals surface area contributed by atoms with Crippen molar-refractivity contribution in [1.82, 2.24) is 5.32 Å². The van der Waals surface area contributed by atoms with E-state index in [1.165, 1.54) is 7.05 Å². The van der Waals surface area contributed by atoms with Crippen molar-refractivity contribution in [2.75, 3.05) is 14.2 Å². The van der Waals surface area contributed by atoms with Crippen molar-refractivity contribution >= 4 is 17.7 Å². The maximum Gasteiger partial charge on any atom is 0.407 e. The number of halogens is 1. The van der Waals surface area contributed by atoms with Crippen LogP contribution in [0.3, 0.4) is 0 Å². The van der Waals surface area contributed by atoms with Crippen molar-refractivity contribution < 1.29 is 14.3 Å². The lowest BCUT2D eigenvalue weighted by atomic mass is 10.0. The first kappa shape index (κ1) is 17.0. The van der Waals surface area contributed by atoms with Crippen LogP contribution >= 0.6 is 11.6 Å². The summed E-state index contributed by atoms with van der Waals surface area (Å²) in [7, 11) is 3.07. The third-order valence-electron chi connectivity index (χ3n) is 2.41. The molecule has 0 bridgehead atoms. The van der Waals surface area contributed by atoms with Crippen molar-refractivity contribution in [3.05, 3.63) is 22.8 Å². The summed E-state index contributed by atoms with van der Waals surface area (Å²) in [5.41, 5.74) is 0.817. The molecular formula is C13H22ClNO3. The van der Waals surface area contributed by atoms with Crippen LogP contribution in [0, 0.1) is 0 Å². The Morgan fingerprint density at radius 2 is 2.11 bits per heavy atom. The van der Waals surface area contributed by atoms with Crippen molar-refractivity contribution in [2.45, 2.75) is 39.4 Å². The first-order valence-electron chi connectivity index (χ1n) is 5.91. The number of hydrogen-bond acceptors (Lipinski definition) is 3. The smallest absolute Gasteiger partial charge is 0.407 e. The lowest BCUT2D eigenvalue weighted by Crippen LogP contribution is -2.34. The standard InChI is InChI=1S/C13H22ClNO3/c1-6-7-8-11(9(2)14)12(17-5)10(3)18-13(16)15-4/h7-8,10,12H,6H2,1-5H3,(H,15,16). The largest absolute Gasteiger partial charge is 0.443 e. The molecule has 2 atom stereocenters. The van der Waals surface area contributed by atoms with E-state index < -0.39 is 12.2 Å². The van der Waals surface area contributed by atoms with Gasteiger partial charge >= 0.3 is 6.09 Å². The molecule has 5 heteroatoms. The Labute approximate surface area is 114 Å². The molecule has 0 rings (SSSR count). The molecule has 0 aliphatic rings. The van der Waals surface area contributed by atoms with Gasteiger partial charge in [0.15, 0.2) is 0 Å². The molecule has 0 saturated carbocycles. The summed E-state index contributed by atoms with van der Waals surface area (Å²) in [6.07, 6.45) is 3.48. The second-order valence-corrected chi connectivity index (χ2v) is 4.38. The normalized spacial score (nSPS) is 16.1. The summed E-state index contributed by atoms with van der Waals surface area (Å²) >= 11 is 6.06. The van der Waals surface area contributed by atoms with Crippen LogP contribution in [0.2, 0.25) is 0 Å². The molecule has 0 saturated heterocycles. The molecular weight excluding hydrogens is 254 g/mol. The van der Waals surface area contributed by atoms with Gasteiger partial charge in [0.1, 0.15) is 12.2 Å². The Morgan fingerprint density at radius 3 is 2.50 bits per heavy atom. The van der Waals surface area contributed by atoms with Crippen LogP contribution in [0.15, 0.2) is 22.8 Å². The van der Waals surface area contributed by atoms with Crippen LogP contribution in [0.5, 0.6) is 0 Å². The SMILES string of the molecule is CCC=CC(=C(C)Cl)C(OC)C(C)OC(=O)NC. The van der Waals surface area contributed by atoms with Gasteiger partial charge in [-0.3, -0.25) is 0 Å². The highest BCUT2D eigenvalue weighted by atomic mass is 35.5. The van der Waals surface area contributed by atoms with Gasteiger partial charge in [0, 0.05) is 19.2 Å². The summed E-state index contributed by atoms with van der Waals surface area (Å²) in [6.45, 7) is 5.59. The maximum absolute atomic E-state index is 11.2. The summed E-state index contributed by atoms with van der Waals surface area (Å²) in [5.74, 6) is 0. The van der Waals surface area contributed by atoms with Crippen LogP contribution in [-0.2, 0) is 9.47 Å². The molecule has 0 radical (unpaired) electrons. The van der Waals surface area contributed by atoms with Crippen LogP contribution < -0.4 is 5.32 Å². The molecule has 0 aromatic heterocycles. The predicted octanol–water partition coefficient (Wildman–Crippen LogP) is 3.22. The molecule has 0 fully saturated rings. The van der Waals surface area contributed by atoms with E-state index in [1.807, 2.05) is 19.1 Å². The van der Waals surface area contributed by atoms with Crippen molar-refractivity contribution in [1.29, 1.82) is 0 Å². The fraction of sp³-hybridized carbons (Fsp3) is 0.615. The number of amides is 1. The minimum Gasteiger partial charge on any atom is -0.443 e. The number of alkyl carbamates (subject to hydrolysis) is 1. The molecule has 0 aromatic rings. The Hall–Kier alpha value is -1.00. The van der Waals surface area contributed by atoms with E-state index >= 15 is 0 Å². The van der Waals surface area contributed by atoms with Gasteiger partial charge in [-0.25, -0.2) is 4.79 Å². The van der Waals surface area contributed by atoms with E-state index in [0.29, 0.717) is 5.03 Å². The van der Waals surface area contributed by atoms with E-state index in [-0.39, 0.29) is 6.10 Å². The molecule has 4 nitrogen and oxygen atoms in total. The van der Waals surface area contributed by atoms with Gasteiger partial charge in [-0.05, 0) is 25.8 Å². The first-order chi connectivity index (χ1) is 8.47. The van der Waals surface area contributed by atoms with E-state index in [2.05, 4.69) is 5.32 Å². The van der Waals surface area contributed by atoms with Gasteiger partial charge in [-0.2, -0.15) is 0 Å². The van der Waals surface area contributed by atoms with E-state index in [4.69, 9.17) is 21.1 Å². The summed E-state index contributed by atoms with van der Waals surface area (Å²) in [6, 6.07) is 0. The highest BCUT2D eigenvalue weighted by molar-refractivity contribution is 6.29. The quantitative estimate of drug-likeness (QED) is 0.757. The molecule has 0 aromatic carbocycles. The van der Waals surface area contributed by atoms with Crippen LogP contribution in [0.25, 0.3) is 0 Å². The number of nitrogens with one attached hydrogen (secondary N) is 1. The second kappa shape index (κ2) is 9.00. The van der Waals surface area contributed by atoms with Crippen molar-refractivity contribution in [2.24, 2.45) is 0 Å². The molecule has 0 heterocycles. The predicted molar refractivity (Wildman–Crippen MR) is 73.8 cm³/mol. The zero-order chi connectivity index (χ0) is 14.1. The van der Waals surface area contributed by atoms with E-state index in [0.717, 1.165) is 12.0 Å². The van der Waals surface area contributed by atoms with Gasteiger partial charge in [-0.15, -0.1) is 0 Å². The Bertz CT molecular complexity index is 322. The third-order valence-corrected chi connectivity index (χ3v) is 2.63. The average molecular weight is 276 g/mol. The molecule has 1 amide bonds. The Kier molecular flexibility index (Phi) is 8.50. The van der Waals surface area contributed by atoms with E-state index in [1.54, 1.807) is 21.0 Å². The zero-order valence-electron chi connectivity index (χ0n) is 11.6. The van der Waals surface area contributed by atoms with Crippen LogP contribution in [-0.4, -0.2) is 32.5 Å². The highest BCUT2D eigenvalue weighted by Gasteiger charge is 2.24. The van der Waals surface area contributed by atoms with Gasteiger partial charge in [0.2, 0.25) is 0 Å². The molecule has 2 unspecified atom stereocenters. The Balaban J connectivity index is 4.97.